The van der Waals surface area contributed by atoms with Gasteiger partial charge in [0, 0.05) is 11.8 Å². The van der Waals surface area contributed by atoms with Crippen molar-refractivity contribution in [3.05, 3.63) is 78.7 Å². The zero-order valence-corrected chi connectivity index (χ0v) is 20.4. The summed E-state index contributed by atoms with van der Waals surface area (Å²) in [6.07, 6.45) is -1.11. The Morgan fingerprint density at radius 3 is 2.17 bits per heavy atom. The molecule has 0 radical (unpaired) electrons. The molecule has 0 amide bonds. The predicted molar refractivity (Wildman–Crippen MR) is 132 cm³/mol. The zero-order valence-electron chi connectivity index (χ0n) is 19.6. The number of esters is 2. The minimum Gasteiger partial charge on any atom is -0.466 e. The van der Waals surface area contributed by atoms with Crippen molar-refractivity contribution in [1.29, 1.82) is 0 Å². The van der Waals surface area contributed by atoms with Crippen LogP contribution in [0.1, 0.15) is 5.56 Å². The second-order valence-electron chi connectivity index (χ2n) is 7.46. The van der Waals surface area contributed by atoms with Crippen LogP contribution in [0.3, 0.4) is 0 Å². The number of aliphatic imine (C=N–C) groups is 1. The molecule has 13 nitrogen and oxygen atoms in total. The Morgan fingerprint density at radius 2 is 1.64 bits per heavy atom. The van der Waals surface area contributed by atoms with Crippen LogP contribution < -0.4 is 5.32 Å². The molecule has 188 valence electrons. The van der Waals surface area contributed by atoms with Crippen molar-refractivity contribution in [3.63, 3.8) is 0 Å². The average molecular weight is 516 g/mol. The Kier molecular flexibility index (Phi) is 8.01. The number of hydrogen-bond donors (Lipinski definition) is 1. The third kappa shape index (κ3) is 5.18. The summed E-state index contributed by atoms with van der Waals surface area (Å²) in [6.45, 7) is 0. The van der Waals surface area contributed by atoms with Crippen molar-refractivity contribution in [2.45, 2.75) is 6.17 Å². The molecule has 36 heavy (non-hydrogen) atoms. The molecule has 1 heterocycles. The summed E-state index contributed by atoms with van der Waals surface area (Å²) in [4.78, 5) is 53.1. The van der Waals surface area contributed by atoms with Crippen LogP contribution in [0.25, 0.3) is 0 Å². The van der Waals surface area contributed by atoms with Gasteiger partial charge in [-0.2, -0.15) is 0 Å². The lowest BCUT2D eigenvalue weighted by Gasteiger charge is -2.28. The molecule has 1 N–H and O–H groups in total. The number of carbonyl (C=O) groups is 2. The first-order valence-electron chi connectivity index (χ1n) is 10.2. The largest absolute Gasteiger partial charge is 0.466 e. The number of methoxy groups -OCH3 is 2. The molecule has 0 fully saturated rings. The van der Waals surface area contributed by atoms with Gasteiger partial charge in [0.25, 0.3) is 0 Å². The molecule has 1 unspecified atom stereocenters. The number of hydrogen-bond acceptors (Lipinski definition) is 12. The van der Waals surface area contributed by atoms with Crippen LogP contribution in [0.2, 0.25) is 0 Å². The highest BCUT2D eigenvalue weighted by Crippen LogP contribution is 2.43. The highest BCUT2D eigenvalue weighted by atomic mass is 32.2. The van der Waals surface area contributed by atoms with E-state index in [4.69, 9.17) is 9.47 Å². The van der Waals surface area contributed by atoms with Crippen molar-refractivity contribution in [2.75, 3.05) is 33.6 Å². The lowest BCUT2D eigenvalue weighted by Crippen LogP contribution is -2.37. The second kappa shape index (κ2) is 11.0. The molecule has 2 aromatic rings. The fraction of sp³-hybridized carbons (Fsp3) is 0.227. The number of nitro groups is 2. The number of nitrogens with one attached hydrogen (secondary N) is 1. The van der Waals surface area contributed by atoms with Gasteiger partial charge in [-0.3, -0.25) is 30.1 Å². The minimum atomic E-state index is -1.11. The van der Waals surface area contributed by atoms with Gasteiger partial charge in [-0.25, -0.2) is 9.59 Å². The average Bonchev–Trinajstić information content (AvgIpc) is 2.86. The molecular weight excluding hydrogens is 494 g/mol. The van der Waals surface area contributed by atoms with Gasteiger partial charge in [-0.1, -0.05) is 30.0 Å². The number of ether oxygens (including phenoxy) is 2. The third-order valence-corrected chi connectivity index (χ3v) is 6.10. The van der Waals surface area contributed by atoms with E-state index in [1.807, 2.05) is 0 Å². The molecule has 0 aliphatic carbocycles. The molecule has 3 rings (SSSR count). The maximum atomic E-state index is 12.7. The number of nitro benzene ring substituents is 2. The van der Waals surface area contributed by atoms with Gasteiger partial charge in [0.2, 0.25) is 0 Å². The molecule has 1 atom stereocenters. The predicted octanol–water partition coefficient (Wildman–Crippen LogP) is 3.23. The molecule has 1 aliphatic rings. The number of thioether (sulfide) groups is 1. The normalized spacial score (nSPS) is 15.2. The maximum Gasteiger partial charge on any atom is 0.357 e. The number of benzene rings is 2. The highest BCUT2D eigenvalue weighted by Gasteiger charge is 2.41. The van der Waals surface area contributed by atoms with Gasteiger partial charge in [0.05, 0.1) is 35.3 Å². The molecule has 0 bridgehead atoms. The Hall–Kier alpha value is -4.30. The zero-order chi connectivity index (χ0) is 26.6. The van der Waals surface area contributed by atoms with Crippen LogP contribution in [0.4, 0.5) is 22.7 Å². The Balaban J connectivity index is 2.34. The van der Waals surface area contributed by atoms with E-state index in [9.17, 15) is 29.8 Å². The van der Waals surface area contributed by atoms with Crippen LogP contribution in [0, 0.1) is 20.2 Å². The Labute approximate surface area is 209 Å². The highest BCUT2D eigenvalue weighted by molar-refractivity contribution is 8.18. The summed E-state index contributed by atoms with van der Waals surface area (Å²) in [7, 11) is 5.39. The summed E-state index contributed by atoms with van der Waals surface area (Å²) in [5.74, 6) is -1.74. The maximum absolute atomic E-state index is 12.7. The minimum absolute atomic E-state index is 0.101. The topological polar surface area (TPSA) is 167 Å². The second-order valence-corrected chi connectivity index (χ2v) is 8.46. The summed E-state index contributed by atoms with van der Waals surface area (Å²) in [5.41, 5.74) is -1.26. The molecular formula is C22H21N5O8S. The lowest BCUT2D eigenvalue weighted by molar-refractivity contribution is -0.422. The molecule has 0 saturated carbocycles. The van der Waals surface area contributed by atoms with Gasteiger partial charge >= 0.3 is 23.3 Å². The van der Waals surface area contributed by atoms with Gasteiger partial charge in [0.1, 0.15) is 21.7 Å². The number of nitrogens with zero attached hydrogens (tertiary/aromatic N) is 4. The summed E-state index contributed by atoms with van der Waals surface area (Å²) < 4.78 is 9.66. The van der Waals surface area contributed by atoms with E-state index in [1.165, 1.54) is 11.0 Å². The number of anilines is 2. The molecule has 0 spiro atoms. The van der Waals surface area contributed by atoms with Crippen LogP contribution in [0.5, 0.6) is 0 Å². The standard InChI is InChI=1S/C22H21N5O8S/c1-25(2)19-16(21(28)34-3)18(22(29)35-4)36-20(24-19)15-13(23-12-8-6-5-7-9-12)10-11-14(26(30)31)17(15)27(32)33/h5-11,19,23H,1-4H3. The first-order valence-corrected chi connectivity index (χ1v) is 11.0. The fourth-order valence-electron chi connectivity index (χ4n) is 3.42. The van der Waals surface area contributed by atoms with Crippen LogP contribution in [0.15, 0.2) is 57.9 Å². The summed E-state index contributed by atoms with van der Waals surface area (Å²) >= 11 is 0.628. The summed E-state index contributed by atoms with van der Waals surface area (Å²) in [6, 6.07) is 11.0. The lowest BCUT2D eigenvalue weighted by atomic mass is 10.1. The van der Waals surface area contributed by atoms with Crippen molar-refractivity contribution < 1.29 is 28.9 Å². The molecule has 14 heteroatoms. The van der Waals surface area contributed by atoms with Crippen molar-refractivity contribution in [2.24, 2.45) is 4.99 Å². The van der Waals surface area contributed by atoms with Gasteiger partial charge < -0.3 is 14.8 Å². The monoisotopic (exact) mass is 515 g/mol. The van der Waals surface area contributed by atoms with Crippen LogP contribution in [-0.4, -0.2) is 66.2 Å². The van der Waals surface area contributed by atoms with Crippen molar-refractivity contribution in [3.8, 4) is 0 Å². The number of carbonyl (C=O) groups excluding carboxylic acids is 2. The number of para-hydroxylation sites is 1. The molecule has 1 aliphatic heterocycles. The van der Waals surface area contributed by atoms with Gasteiger partial charge in [-0.05, 0) is 32.3 Å². The van der Waals surface area contributed by atoms with Crippen LogP contribution in [-0.2, 0) is 19.1 Å². The molecule has 0 saturated heterocycles. The molecule has 0 aromatic heterocycles. The number of rotatable bonds is 8. The van der Waals surface area contributed by atoms with E-state index in [-0.39, 0.29) is 26.8 Å². The number of likely N-dealkylation sites (N-methyl/N-ethyl adjacent to an activating group) is 1. The van der Waals surface area contributed by atoms with E-state index < -0.39 is 39.3 Å². The van der Waals surface area contributed by atoms with Crippen LogP contribution >= 0.6 is 11.8 Å². The quantitative estimate of drug-likeness (QED) is 0.311. The van der Waals surface area contributed by atoms with Gasteiger partial charge in [0.15, 0.2) is 0 Å². The smallest absolute Gasteiger partial charge is 0.357 e. The fourth-order valence-corrected chi connectivity index (χ4v) is 4.54. The van der Waals surface area contributed by atoms with E-state index in [0.717, 1.165) is 20.3 Å². The summed E-state index contributed by atoms with van der Waals surface area (Å²) in [5, 5.41) is 26.7. The van der Waals surface area contributed by atoms with E-state index >= 15 is 0 Å². The van der Waals surface area contributed by atoms with Gasteiger partial charge in [-0.15, -0.1) is 0 Å². The Bertz CT molecular complexity index is 1290. The van der Waals surface area contributed by atoms with E-state index in [2.05, 4.69) is 10.3 Å². The first kappa shape index (κ1) is 26.3. The third-order valence-electron chi connectivity index (χ3n) is 5.01. The van der Waals surface area contributed by atoms with Crippen molar-refractivity contribution in [1.82, 2.24) is 4.90 Å². The Morgan fingerprint density at radius 1 is 1.00 bits per heavy atom. The molecule has 2 aromatic carbocycles. The SMILES string of the molecule is COC(=O)C1=C(C(=O)OC)C(N(C)C)N=C(c2c(Nc3ccccc3)ccc([N+](=O)[O-])c2[N+](=O)[O-])S1. The van der Waals surface area contributed by atoms with Crippen molar-refractivity contribution >= 4 is 51.5 Å². The first-order chi connectivity index (χ1) is 17.1. The van der Waals surface area contributed by atoms with E-state index in [1.54, 1.807) is 44.4 Å². The van der Waals surface area contributed by atoms with E-state index in [0.29, 0.717) is 17.4 Å².